The number of hydrogen-bond acceptors (Lipinski definition) is 6. The predicted octanol–water partition coefficient (Wildman–Crippen LogP) is 1.86. The van der Waals surface area contributed by atoms with E-state index in [2.05, 4.69) is 26.2 Å². The van der Waals surface area contributed by atoms with Crippen molar-refractivity contribution in [3.8, 4) is 11.6 Å². The highest BCUT2D eigenvalue weighted by atomic mass is 79.9. The standard InChI is InChI=1S/C22H20BrFN4O5/c1-11-3-4-13(19(25)29)8-17(11)28-12(2)27-20(18(23)21(28)30)33-10-14-5-6-16(24)7-15(14)9-26-22(31)32/h3-8,26H,9-10H2,1-2H3,(H2,25,29)(H,31,32)/p-1. The Hall–Kier alpha value is -3.73. The summed E-state index contributed by atoms with van der Waals surface area (Å²) in [6.45, 7) is 3.10. The van der Waals surface area contributed by atoms with Crippen LogP contribution in [0.25, 0.3) is 5.69 Å². The molecular formula is C22H19BrFN4O5-. The molecule has 3 N–H and O–H groups in total. The molecule has 172 valence electrons. The maximum Gasteiger partial charge on any atom is 0.276 e. The third-order valence-electron chi connectivity index (χ3n) is 4.86. The molecule has 0 fully saturated rings. The molecular weight excluding hydrogens is 499 g/mol. The van der Waals surface area contributed by atoms with Crippen LogP contribution in [0.4, 0.5) is 9.18 Å². The predicted molar refractivity (Wildman–Crippen MR) is 118 cm³/mol. The zero-order chi connectivity index (χ0) is 24.3. The third kappa shape index (κ3) is 5.37. The fourth-order valence-corrected chi connectivity index (χ4v) is 3.56. The summed E-state index contributed by atoms with van der Waals surface area (Å²) in [6.07, 6.45) is -1.49. The second kappa shape index (κ2) is 9.82. The van der Waals surface area contributed by atoms with Gasteiger partial charge in [0, 0.05) is 12.1 Å². The fraction of sp³-hybridized carbons (Fsp3) is 0.182. The summed E-state index contributed by atoms with van der Waals surface area (Å²) in [4.78, 5) is 39.7. The van der Waals surface area contributed by atoms with Gasteiger partial charge in [-0.15, -0.1) is 0 Å². The van der Waals surface area contributed by atoms with Gasteiger partial charge in [-0.2, -0.15) is 4.98 Å². The monoisotopic (exact) mass is 517 g/mol. The Bertz CT molecular complexity index is 1310. The van der Waals surface area contributed by atoms with Gasteiger partial charge in [-0.05, 0) is 70.7 Å². The molecule has 11 heteroatoms. The largest absolute Gasteiger partial charge is 0.530 e. The van der Waals surface area contributed by atoms with Crippen molar-refractivity contribution in [2.45, 2.75) is 27.0 Å². The summed E-state index contributed by atoms with van der Waals surface area (Å²) in [5.74, 6) is -0.876. The lowest BCUT2D eigenvalue weighted by Gasteiger charge is -2.16. The van der Waals surface area contributed by atoms with Crippen molar-refractivity contribution < 1.29 is 23.8 Å². The number of hydrogen-bond donors (Lipinski definition) is 2. The number of nitrogens with one attached hydrogen (secondary N) is 1. The summed E-state index contributed by atoms with van der Waals surface area (Å²) in [6, 6.07) is 8.59. The molecule has 0 saturated heterocycles. The van der Waals surface area contributed by atoms with E-state index >= 15 is 0 Å². The van der Waals surface area contributed by atoms with Crippen LogP contribution in [0, 0.1) is 19.7 Å². The van der Waals surface area contributed by atoms with Crippen LogP contribution in [-0.2, 0) is 13.2 Å². The van der Waals surface area contributed by atoms with Crippen LogP contribution in [0.3, 0.4) is 0 Å². The molecule has 0 spiro atoms. The average Bonchev–Trinajstić information content (AvgIpc) is 2.75. The van der Waals surface area contributed by atoms with Gasteiger partial charge < -0.3 is 25.7 Å². The van der Waals surface area contributed by atoms with E-state index in [-0.39, 0.29) is 29.1 Å². The number of benzene rings is 2. The van der Waals surface area contributed by atoms with Gasteiger partial charge in [0.05, 0.1) is 5.69 Å². The van der Waals surface area contributed by atoms with Crippen LogP contribution in [0.15, 0.2) is 45.7 Å². The van der Waals surface area contributed by atoms with Crippen molar-refractivity contribution in [2.75, 3.05) is 0 Å². The molecule has 3 aromatic rings. The normalized spacial score (nSPS) is 10.7. The summed E-state index contributed by atoms with van der Waals surface area (Å²) in [5.41, 5.74) is 7.14. The summed E-state index contributed by atoms with van der Waals surface area (Å²) < 4.78 is 20.7. The van der Waals surface area contributed by atoms with E-state index in [1.807, 2.05) is 0 Å². The SMILES string of the molecule is Cc1ccc(C(N)=O)cc1-n1c(C)nc(OCc2ccc(F)cc2CNC(=O)[O-])c(Br)c1=O. The molecule has 0 radical (unpaired) electrons. The average molecular weight is 518 g/mol. The zero-order valence-corrected chi connectivity index (χ0v) is 19.2. The van der Waals surface area contributed by atoms with E-state index in [1.54, 1.807) is 26.0 Å². The van der Waals surface area contributed by atoms with Gasteiger partial charge in [0.25, 0.3) is 5.56 Å². The van der Waals surface area contributed by atoms with Crippen LogP contribution in [-0.4, -0.2) is 21.6 Å². The molecule has 2 aromatic carbocycles. The summed E-state index contributed by atoms with van der Waals surface area (Å²) in [7, 11) is 0. The smallest absolute Gasteiger partial charge is 0.276 e. The Morgan fingerprint density at radius 3 is 2.61 bits per heavy atom. The Labute approximate surface area is 196 Å². The van der Waals surface area contributed by atoms with Crippen molar-refractivity contribution in [2.24, 2.45) is 5.73 Å². The molecule has 9 nitrogen and oxygen atoms in total. The van der Waals surface area contributed by atoms with E-state index in [1.165, 1.54) is 28.8 Å². The zero-order valence-electron chi connectivity index (χ0n) is 17.6. The number of nitrogens with zero attached hydrogens (tertiary/aromatic N) is 2. The number of nitrogens with two attached hydrogens (primary N) is 1. The Kier molecular flexibility index (Phi) is 7.12. The molecule has 0 bridgehead atoms. The number of amides is 2. The van der Waals surface area contributed by atoms with Crippen molar-refractivity contribution in [1.82, 2.24) is 14.9 Å². The molecule has 3 rings (SSSR count). The van der Waals surface area contributed by atoms with Gasteiger partial charge in [-0.1, -0.05) is 12.1 Å². The van der Waals surface area contributed by atoms with Crippen molar-refractivity contribution in [1.29, 1.82) is 0 Å². The molecule has 0 aliphatic heterocycles. The maximum atomic E-state index is 13.6. The Morgan fingerprint density at radius 2 is 1.94 bits per heavy atom. The van der Waals surface area contributed by atoms with E-state index in [0.29, 0.717) is 22.6 Å². The summed E-state index contributed by atoms with van der Waals surface area (Å²) in [5, 5.41) is 12.7. The number of ether oxygens (including phenoxy) is 1. The second-order valence-corrected chi connectivity index (χ2v) is 7.92. The molecule has 33 heavy (non-hydrogen) atoms. The van der Waals surface area contributed by atoms with Gasteiger partial charge in [0.1, 0.15) is 28.8 Å². The molecule has 1 heterocycles. The maximum absolute atomic E-state index is 13.6. The van der Waals surface area contributed by atoms with Crippen molar-refractivity contribution >= 4 is 27.9 Å². The number of carbonyl (C=O) groups excluding carboxylic acids is 2. The number of carboxylic acid groups (broad SMARTS) is 1. The number of halogens is 2. The minimum atomic E-state index is -1.49. The minimum absolute atomic E-state index is 0.000550. The Morgan fingerprint density at radius 1 is 1.21 bits per heavy atom. The van der Waals surface area contributed by atoms with Crippen molar-refractivity contribution in [3.05, 3.63) is 85.1 Å². The van der Waals surface area contributed by atoms with Crippen LogP contribution < -0.4 is 26.5 Å². The van der Waals surface area contributed by atoms with Crippen LogP contribution >= 0.6 is 15.9 Å². The lowest BCUT2D eigenvalue weighted by Crippen LogP contribution is -2.36. The molecule has 0 aliphatic rings. The van der Waals surface area contributed by atoms with E-state index in [9.17, 15) is 23.9 Å². The van der Waals surface area contributed by atoms with Gasteiger partial charge in [-0.3, -0.25) is 14.2 Å². The Balaban J connectivity index is 1.94. The molecule has 0 aliphatic carbocycles. The van der Waals surface area contributed by atoms with Crippen molar-refractivity contribution in [3.63, 3.8) is 0 Å². The number of rotatable bonds is 7. The third-order valence-corrected chi connectivity index (χ3v) is 5.53. The fourth-order valence-electron chi connectivity index (χ4n) is 3.18. The molecule has 2 amide bonds. The topological polar surface area (TPSA) is 139 Å². The highest BCUT2D eigenvalue weighted by Gasteiger charge is 2.18. The van der Waals surface area contributed by atoms with Crippen LogP contribution in [0.1, 0.15) is 32.9 Å². The quantitative estimate of drug-likeness (QED) is 0.490. The van der Waals surface area contributed by atoms with Crippen LogP contribution in [0.5, 0.6) is 5.88 Å². The second-order valence-electron chi connectivity index (χ2n) is 7.13. The first kappa shape index (κ1) is 23.9. The van der Waals surface area contributed by atoms with E-state index in [4.69, 9.17) is 10.5 Å². The highest BCUT2D eigenvalue weighted by molar-refractivity contribution is 9.10. The number of carbonyl (C=O) groups is 2. The number of primary amides is 1. The minimum Gasteiger partial charge on any atom is -0.530 e. The van der Waals surface area contributed by atoms with E-state index < -0.39 is 23.4 Å². The molecule has 1 aromatic heterocycles. The lowest BCUT2D eigenvalue weighted by molar-refractivity contribution is -0.251. The molecule has 0 unspecified atom stereocenters. The van der Waals surface area contributed by atoms with Gasteiger partial charge >= 0.3 is 0 Å². The lowest BCUT2D eigenvalue weighted by atomic mass is 10.1. The summed E-state index contributed by atoms with van der Waals surface area (Å²) >= 11 is 3.22. The van der Waals surface area contributed by atoms with Gasteiger partial charge in [0.2, 0.25) is 11.8 Å². The van der Waals surface area contributed by atoms with Gasteiger partial charge in [0.15, 0.2) is 0 Å². The highest BCUT2D eigenvalue weighted by Crippen LogP contribution is 2.24. The first-order valence-corrected chi connectivity index (χ1v) is 10.4. The first-order valence-electron chi connectivity index (χ1n) is 9.63. The molecule has 0 saturated carbocycles. The molecule has 0 atom stereocenters. The first-order chi connectivity index (χ1) is 15.6. The number of aromatic nitrogens is 2. The number of aryl methyl sites for hydroxylation is 2. The van der Waals surface area contributed by atoms with Crippen LogP contribution in [0.2, 0.25) is 0 Å². The van der Waals surface area contributed by atoms with Gasteiger partial charge in [-0.25, -0.2) is 4.39 Å². The van der Waals surface area contributed by atoms with E-state index in [0.717, 1.165) is 5.56 Å².